The topological polar surface area (TPSA) is 71.5 Å². The van der Waals surface area contributed by atoms with Gasteiger partial charge >= 0.3 is 5.97 Å². The van der Waals surface area contributed by atoms with Crippen molar-refractivity contribution in [2.75, 3.05) is 7.11 Å². The first-order valence-corrected chi connectivity index (χ1v) is 6.57. The number of aliphatic carboxylic acids is 1. The quantitative estimate of drug-likeness (QED) is 0.846. The molecule has 0 spiro atoms. The molecule has 0 saturated carbocycles. The molecule has 0 aliphatic carbocycles. The zero-order valence-corrected chi connectivity index (χ0v) is 11.2. The number of carboxylic acids is 1. The molecule has 2 rings (SSSR count). The number of rotatable bonds is 6. The van der Waals surface area contributed by atoms with E-state index in [2.05, 4.69) is 10.3 Å². The lowest BCUT2D eigenvalue weighted by atomic mass is 10.1. The van der Waals surface area contributed by atoms with Crippen LogP contribution in [-0.4, -0.2) is 23.2 Å². The molecule has 1 unspecified atom stereocenters. The van der Waals surface area contributed by atoms with Crippen molar-refractivity contribution >= 4 is 17.3 Å². The van der Waals surface area contributed by atoms with Crippen LogP contribution < -0.4 is 10.1 Å². The Labute approximate surface area is 114 Å². The minimum atomic E-state index is -0.927. The number of aromatic nitrogens is 1. The third-order valence-corrected chi connectivity index (χ3v) is 3.49. The summed E-state index contributed by atoms with van der Waals surface area (Å²) >= 11 is 1.59. The van der Waals surface area contributed by atoms with Gasteiger partial charge < -0.3 is 9.84 Å². The first kappa shape index (κ1) is 13.5. The average Bonchev–Trinajstić information content (AvgIpc) is 2.92. The van der Waals surface area contributed by atoms with Crippen molar-refractivity contribution in [2.24, 2.45) is 0 Å². The third kappa shape index (κ3) is 3.52. The maximum atomic E-state index is 11.3. The van der Waals surface area contributed by atoms with E-state index in [-0.39, 0.29) is 0 Å². The van der Waals surface area contributed by atoms with Gasteiger partial charge in [0.15, 0.2) is 0 Å². The number of hydrogen-bond donors (Lipinski definition) is 2. The van der Waals surface area contributed by atoms with Crippen LogP contribution in [0.1, 0.15) is 16.5 Å². The Morgan fingerprint density at radius 3 is 2.89 bits per heavy atom. The van der Waals surface area contributed by atoms with Gasteiger partial charge in [-0.2, -0.15) is 0 Å². The Morgan fingerprint density at radius 2 is 2.37 bits per heavy atom. The van der Waals surface area contributed by atoms with E-state index in [1.165, 1.54) is 13.3 Å². The molecule has 2 heterocycles. The van der Waals surface area contributed by atoms with E-state index in [1.54, 1.807) is 23.5 Å². The minimum absolute atomic E-state index is 0.464. The molecule has 0 saturated heterocycles. The molecule has 5 nitrogen and oxygen atoms in total. The van der Waals surface area contributed by atoms with Crippen LogP contribution >= 0.6 is 11.3 Å². The van der Waals surface area contributed by atoms with Crippen molar-refractivity contribution in [1.29, 1.82) is 0 Å². The highest BCUT2D eigenvalue weighted by molar-refractivity contribution is 7.09. The second kappa shape index (κ2) is 6.31. The Morgan fingerprint density at radius 1 is 1.53 bits per heavy atom. The Hall–Kier alpha value is -1.92. The largest absolute Gasteiger partial charge is 0.481 e. The highest BCUT2D eigenvalue weighted by Gasteiger charge is 2.19. The van der Waals surface area contributed by atoms with Gasteiger partial charge in [0.05, 0.1) is 7.11 Å². The number of nitrogens with one attached hydrogen (secondary N) is 1. The predicted molar refractivity (Wildman–Crippen MR) is 72.3 cm³/mol. The fourth-order valence-electron chi connectivity index (χ4n) is 1.65. The zero-order chi connectivity index (χ0) is 13.7. The molecule has 2 N–H and O–H groups in total. The van der Waals surface area contributed by atoms with Gasteiger partial charge in [-0.05, 0) is 23.1 Å². The van der Waals surface area contributed by atoms with Gasteiger partial charge in [-0.25, -0.2) is 4.98 Å². The monoisotopic (exact) mass is 278 g/mol. The standard InChI is InChI=1S/C13H14N2O3S/c1-18-11-5-4-9(7-14-11)12(13(16)17)15-8-10-3-2-6-19-10/h2-7,12,15H,8H2,1H3,(H,16,17). The van der Waals surface area contributed by atoms with Crippen LogP contribution in [0.4, 0.5) is 0 Å². The lowest BCUT2D eigenvalue weighted by Crippen LogP contribution is -2.27. The van der Waals surface area contributed by atoms with E-state index in [1.807, 2.05) is 17.5 Å². The van der Waals surface area contributed by atoms with Gasteiger partial charge in [-0.1, -0.05) is 6.07 Å². The number of ether oxygens (including phenoxy) is 1. The summed E-state index contributed by atoms with van der Waals surface area (Å²) < 4.78 is 4.95. The molecule has 2 aromatic rings. The summed E-state index contributed by atoms with van der Waals surface area (Å²) in [5, 5.41) is 14.2. The SMILES string of the molecule is COc1ccc(C(NCc2cccs2)C(=O)O)cn1. The zero-order valence-electron chi connectivity index (χ0n) is 10.4. The van der Waals surface area contributed by atoms with Crippen LogP contribution in [-0.2, 0) is 11.3 Å². The average molecular weight is 278 g/mol. The Kier molecular flexibility index (Phi) is 4.48. The lowest BCUT2D eigenvalue weighted by Gasteiger charge is -2.14. The number of nitrogens with zero attached hydrogens (tertiary/aromatic N) is 1. The van der Waals surface area contributed by atoms with E-state index < -0.39 is 12.0 Å². The molecule has 0 fully saturated rings. The highest BCUT2D eigenvalue weighted by atomic mass is 32.1. The molecule has 0 aliphatic rings. The predicted octanol–water partition coefficient (Wildman–Crippen LogP) is 2.07. The van der Waals surface area contributed by atoms with Crippen molar-refractivity contribution in [2.45, 2.75) is 12.6 Å². The van der Waals surface area contributed by atoms with Gasteiger partial charge in [-0.3, -0.25) is 10.1 Å². The van der Waals surface area contributed by atoms with Crippen molar-refractivity contribution in [3.05, 3.63) is 46.3 Å². The number of carbonyl (C=O) groups is 1. The maximum Gasteiger partial charge on any atom is 0.325 e. The molecule has 19 heavy (non-hydrogen) atoms. The normalized spacial score (nSPS) is 12.1. The smallest absolute Gasteiger partial charge is 0.325 e. The van der Waals surface area contributed by atoms with Crippen molar-refractivity contribution < 1.29 is 14.6 Å². The summed E-state index contributed by atoms with van der Waals surface area (Å²) in [6.45, 7) is 0.515. The van der Waals surface area contributed by atoms with Crippen LogP contribution in [0, 0.1) is 0 Å². The summed E-state index contributed by atoms with van der Waals surface area (Å²) in [6, 6.07) is 6.47. The first-order chi connectivity index (χ1) is 9.20. The van der Waals surface area contributed by atoms with Gasteiger partial charge in [0.2, 0.25) is 5.88 Å². The van der Waals surface area contributed by atoms with E-state index >= 15 is 0 Å². The molecule has 0 amide bonds. The molecule has 0 bridgehead atoms. The molecule has 6 heteroatoms. The highest BCUT2D eigenvalue weighted by Crippen LogP contribution is 2.17. The van der Waals surface area contributed by atoms with E-state index in [9.17, 15) is 9.90 Å². The van der Waals surface area contributed by atoms with E-state index in [4.69, 9.17) is 4.74 Å². The molecule has 0 aromatic carbocycles. The summed E-state index contributed by atoms with van der Waals surface area (Å²) in [6.07, 6.45) is 1.51. The van der Waals surface area contributed by atoms with Crippen molar-refractivity contribution in [3.63, 3.8) is 0 Å². The molecular formula is C13H14N2O3S. The number of carboxylic acid groups (broad SMARTS) is 1. The fraction of sp³-hybridized carbons (Fsp3) is 0.231. The van der Waals surface area contributed by atoms with Gasteiger partial charge in [0.1, 0.15) is 6.04 Å². The Balaban J connectivity index is 2.08. The van der Waals surface area contributed by atoms with Crippen LogP contribution in [0.5, 0.6) is 5.88 Å². The number of pyridine rings is 1. The van der Waals surface area contributed by atoms with Crippen LogP contribution in [0.3, 0.4) is 0 Å². The summed E-state index contributed by atoms with van der Waals surface area (Å²) in [5.41, 5.74) is 0.602. The summed E-state index contributed by atoms with van der Waals surface area (Å²) in [4.78, 5) is 16.4. The van der Waals surface area contributed by atoms with Crippen LogP contribution in [0.15, 0.2) is 35.8 Å². The van der Waals surface area contributed by atoms with Crippen LogP contribution in [0.2, 0.25) is 0 Å². The van der Waals surface area contributed by atoms with Crippen molar-refractivity contribution in [1.82, 2.24) is 10.3 Å². The van der Waals surface area contributed by atoms with Crippen LogP contribution in [0.25, 0.3) is 0 Å². The lowest BCUT2D eigenvalue weighted by molar-refractivity contribution is -0.139. The van der Waals surface area contributed by atoms with E-state index in [0.717, 1.165) is 4.88 Å². The molecule has 0 radical (unpaired) electrons. The van der Waals surface area contributed by atoms with Gasteiger partial charge in [0.25, 0.3) is 0 Å². The second-order valence-electron chi connectivity index (χ2n) is 3.87. The third-order valence-electron chi connectivity index (χ3n) is 2.61. The Bertz CT molecular complexity index is 525. The summed E-state index contributed by atoms with van der Waals surface area (Å²) in [7, 11) is 1.52. The molecule has 1 atom stereocenters. The number of methoxy groups -OCH3 is 1. The molecule has 100 valence electrons. The maximum absolute atomic E-state index is 11.3. The van der Waals surface area contributed by atoms with Gasteiger partial charge in [0, 0.05) is 23.7 Å². The second-order valence-corrected chi connectivity index (χ2v) is 4.90. The fourth-order valence-corrected chi connectivity index (χ4v) is 2.30. The first-order valence-electron chi connectivity index (χ1n) is 5.69. The number of thiophene rings is 1. The van der Waals surface area contributed by atoms with Gasteiger partial charge in [-0.15, -0.1) is 11.3 Å². The molecule has 2 aromatic heterocycles. The molecule has 0 aliphatic heterocycles. The molecular weight excluding hydrogens is 264 g/mol. The summed E-state index contributed by atoms with van der Waals surface area (Å²) in [5.74, 6) is -0.463. The van der Waals surface area contributed by atoms with E-state index in [0.29, 0.717) is 18.0 Å². The minimum Gasteiger partial charge on any atom is -0.481 e. The number of hydrogen-bond acceptors (Lipinski definition) is 5. The van der Waals surface area contributed by atoms with Crippen molar-refractivity contribution in [3.8, 4) is 5.88 Å².